The number of benzene rings is 1. The molecule has 100 valence electrons. The number of hydrogen-bond donors (Lipinski definition) is 1. The molecule has 1 rings (SSSR count). The number of halogens is 3. The van der Waals surface area contributed by atoms with Gasteiger partial charge >= 0.3 is 0 Å². The fraction of sp³-hybridized carbons (Fsp3) is 0.417. The minimum absolute atomic E-state index is 0.0726. The minimum atomic E-state index is -2.48. The predicted octanol–water partition coefficient (Wildman–Crippen LogP) is 2.77. The SMILES string of the molecule is Cc1ccc(Br)cc1C(=O)NCCOCC(F)F. The van der Waals surface area contributed by atoms with Gasteiger partial charge in [0, 0.05) is 16.6 Å². The summed E-state index contributed by atoms with van der Waals surface area (Å²) in [6, 6.07) is 5.38. The van der Waals surface area contributed by atoms with Crippen molar-refractivity contribution >= 4 is 21.8 Å². The Labute approximate surface area is 113 Å². The second-order valence-electron chi connectivity index (χ2n) is 3.68. The predicted molar refractivity (Wildman–Crippen MR) is 68.0 cm³/mol. The molecule has 1 N–H and O–H groups in total. The maximum atomic E-state index is 11.8. The molecule has 0 bridgehead atoms. The van der Waals surface area contributed by atoms with Crippen molar-refractivity contribution in [3.63, 3.8) is 0 Å². The van der Waals surface area contributed by atoms with Crippen molar-refractivity contribution in [1.82, 2.24) is 5.32 Å². The smallest absolute Gasteiger partial charge is 0.261 e. The second-order valence-corrected chi connectivity index (χ2v) is 4.60. The van der Waals surface area contributed by atoms with Crippen LogP contribution in [0.5, 0.6) is 0 Å². The van der Waals surface area contributed by atoms with Gasteiger partial charge in [0.05, 0.1) is 6.61 Å². The van der Waals surface area contributed by atoms with Gasteiger partial charge in [-0.05, 0) is 24.6 Å². The average Bonchev–Trinajstić information content (AvgIpc) is 2.31. The fourth-order valence-electron chi connectivity index (χ4n) is 1.34. The number of ether oxygens (including phenoxy) is 1. The van der Waals surface area contributed by atoms with Crippen LogP contribution < -0.4 is 5.32 Å². The van der Waals surface area contributed by atoms with E-state index in [0.29, 0.717) is 5.56 Å². The van der Waals surface area contributed by atoms with E-state index < -0.39 is 13.0 Å². The van der Waals surface area contributed by atoms with Crippen molar-refractivity contribution < 1.29 is 18.3 Å². The van der Waals surface area contributed by atoms with E-state index in [9.17, 15) is 13.6 Å². The molecule has 1 aromatic rings. The van der Waals surface area contributed by atoms with Crippen LogP contribution in [0, 0.1) is 6.92 Å². The molecule has 0 aliphatic rings. The summed E-state index contributed by atoms with van der Waals surface area (Å²) in [5, 5.41) is 2.61. The Morgan fingerprint density at radius 1 is 1.50 bits per heavy atom. The Morgan fingerprint density at radius 3 is 2.89 bits per heavy atom. The van der Waals surface area contributed by atoms with E-state index in [4.69, 9.17) is 0 Å². The molecule has 3 nitrogen and oxygen atoms in total. The van der Waals surface area contributed by atoms with E-state index in [2.05, 4.69) is 26.0 Å². The van der Waals surface area contributed by atoms with Crippen LogP contribution in [0.3, 0.4) is 0 Å². The summed E-state index contributed by atoms with van der Waals surface area (Å²) in [5.41, 5.74) is 1.41. The maximum absolute atomic E-state index is 11.8. The summed E-state index contributed by atoms with van der Waals surface area (Å²) in [6.07, 6.45) is -2.48. The molecule has 0 aliphatic carbocycles. The highest BCUT2D eigenvalue weighted by Gasteiger charge is 2.09. The quantitative estimate of drug-likeness (QED) is 0.818. The van der Waals surface area contributed by atoms with Crippen LogP contribution in [0.15, 0.2) is 22.7 Å². The van der Waals surface area contributed by atoms with E-state index in [-0.39, 0.29) is 19.1 Å². The first-order valence-corrected chi connectivity index (χ1v) is 6.20. The van der Waals surface area contributed by atoms with Gasteiger partial charge in [0.1, 0.15) is 6.61 Å². The number of aryl methyl sites for hydroxylation is 1. The van der Waals surface area contributed by atoms with Gasteiger partial charge < -0.3 is 10.1 Å². The molecule has 0 heterocycles. The van der Waals surface area contributed by atoms with Crippen LogP contribution in [0.2, 0.25) is 0 Å². The molecular formula is C12H14BrF2NO2. The van der Waals surface area contributed by atoms with Crippen LogP contribution in [-0.2, 0) is 4.74 Å². The van der Waals surface area contributed by atoms with Crippen molar-refractivity contribution in [2.75, 3.05) is 19.8 Å². The molecule has 18 heavy (non-hydrogen) atoms. The van der Waals surface area contributed by atoms with E-state index in [0.717, 1.165) is 10.0 Å². The highest BCUT2D eigenvalue weighted by atomic mass is 79.9. The third-order valence-corrected chi connectivity index (χ3v) is 2.71. The zero-order chi connectivity index (χ0) is 13.5. The van der Waals surface area contributed by atoms with Crippen LogP contribution in [-0.4, -0.2) is 32.1 Å². The molecule has 1 aromatic carbocycles. The first kappa shape index (κ1) is 15.0. The van der Waals surface area contributed by atoms with E-state index in [1.165, 1.54) is 0 Å². The highest BCUT2D eigenvalue weighted by molar-refractivity contribution is 9.10. The second kappa shape index (κ2) is 7.43. The fourth-order valence-corrected chi connectivity index (χ4v) is 1.70. The van der Waals surface area contributed by atoms with Gasteiger partial charge in [0.25, 0.3) is 12.3 Å². The standard InChI is InChI=1S/C12H14BrF2NO2/c1-8-2-3-9(13)6-10(8)12(17)16-4-5-18-7-11(14)15/h2-3,6,11H,4-5,7H2,1H3,(H,16,17). The molecular weight excluding hydrogens is 308 g/mol. The van der Waals surface area contributed by atoms with Gasteiger partial charge in [0.2, 0.25) is 0 Å². The zero-order valence-corrected chi connectivity index (χ0v) is 11.5. The molecule has 0 saturated carbocycles. The summed E-state index contributed by atoms with van der Waals surface area (Å²) >= 11 is 3.29. The normalized spacial score (nSPS) is 10.7. The van der Waals surface area contributed by atoms with Gasteiger partial charge in [-0.3, -0.25) is 4.79 Å². The molecule has 0 saturated heterocycles. The lowest BCUT2D eigenvalue weighted by molar-refractivity contribution is 0.0188. The van der Waals surface area contributed by atoms with Crippen molar-refractivity contribution in [2.24, 2.45) is 0 Å². The third kappa shape index (κ3) is 5.10. The molecule has 0 fully saturated rings. The molecule has 0 aliphatic heterocycles. The molecule has 0 aromatic heterocycles. The molecule has 1 amide bonds. The monoisotopic (exact) mass is 321 g/mol. The number of nitrogens with one attached hydrogen (secondary N) is 1. The van der Waals surface area contributed by atoms with E-state index in [1.807, 2.05) is 19.1 Å². The third-order valence-electron chi connectivity index (χ3n) is 2.22. The van der Waals surface area contributed by atoms with Gasteiger partial charge in [-0.15, -0.1) is 0 Å². The summed E-state index contributed by atoms with van der Waals surface area (Å²) in [5.74, 6) is -0.241. The number of rotatable bonds is 6. The van der Waals surface area contributed by atoms with Crippen molar-refractivity contribution in [3.8, 4) is 0 Å². The Kier molecular flexibility index (Phi) is 6.21. The largest absolute Gasteiger partial charge is 0.374 e. The van der Waals surface area contributed by atoms with E-state index >= 15 is 0 Å². The van der Waals surface area contributed by atoms with Crippen molar-refractivity contribution in [1.29, 1.82) is 0 Å². The maximum Gasteiger partial charge on any atom is 0.261 e. The molecule has 0 spiro atoms. The Bertz CT molecular complexity index is 413. The number of alkyl halides is 2. The summed E-state index contributed by atoms with van der Waals surface area (Å²) in [4.78, 5) is 11.8. The lowest BCUT2D eigenvalue weighted by Crippen LogP contribution is -2.28. The first-order chi connectivity index (χ1) is 8.50. The van der Waals surface area contributed by atoms with Crippen LogP contribution in [0.25, 0.3) is 0 Å². The summed E-state index contributed by atoms with van der Waals surface area (Å²) in [6.45, 7) is 1.50. The van der Waals surface area contributed by atoms with Crippen LogP contribution >= 0.6 is 15.9 Å². The molecule has 0 atom stereocenters. The number of amides is 1. The Morgan fingerprint density at radius 2 is 2.22 bits per heavy atom. The topological polar surface area (TPSA) is 38.3 Å². The molecule has 0 radical (unpaired) electrons. The lowest BCUT2D eigenvalue weighted by atomic mass is 10.1. The van der Waals surface area contributed by atoms with Crippen LogP contribution in [0.4, 0.5) is 8.78 Å². The van der Waals surface area contributed by atoms with E-state index in [1.54, 1.807) is 6.07 Å². The van der Waals surface area contributed by atoms with Gasteiger partial charge in [-0.25, -0.2) is 8.78 Å². The summed E-state index contributed by atoms with van der Waals surface area (Å²) in [7, 11) is 0. The van der Waals surface area contributed by atoms with Gasteiger partial charge in [-0.2, -0.15) is 0 Å². The number of hydrogen-bond acceptors (Lipinski definition) is 2. The summed E-state index contributed by atoms with van der Waals surface area (Å²) < 4.78 is 29.0. The molecule has 0 unspecified atom stereocenters. The number of carbonyl (C=O) groups excluding carboxylic acids is 1. The van der Waals surface area contributed by atoms with Gasteiger partial charge in [0.15, 0.2) is 0 Å². The highest BCUT2D eigenvalue weighted by Crippen LogP contribution is 2.15. The van der Waals surface area contributed by atoms with Gasteiger partial charge in [-0.1, -0.05) is 22.0 Å². The number of carbonyl (C=O) groups is 1. The average molecular weight is 322 g/mol. The van der Waals surface area contributed by atoms with Crippen LogP contribution in [0.1, 0.15) is 15.9 Å². The Hall–Kier alpha value is -1.01. The zero-order valence-electron chi connectivity index (χ0n) is 9.88. The van der Waals surface area contributed by atoms with Crippen molar-refractivity contribution in [3.05, 3.63) is 33.8 Å². The minimum Gasteiger partial charge on any atom is -0.374 e. The lowest BCUT2D eigenvalue weighted by Gasteiger charge is -2.08. The molecule has 6 heteroatoms. The van der Waals surface area contributed by atoms with Crippen molar-refractivity contribution in [2.45, 2.75) is 13.3 Å². The Balaban J connectivity index is 2.39. The first-order valence-electron chi connectivity index (χ1n) is 5.41.